The Labute approximate surface area is 127 Å². The first-order chi connectivity index (χ1) is 9.37. The van der Waals surface area contributed by atoms with Crippen molar-refractivity contribution in [2.45, 2.75) is 19.8 Å². The van der Waals surface area contributed by atoms with Crippen molar-refractivity contribution in [3.05, 3.63) is 28.0 Å². The zero-order chi connectivity index (χ0) is 14.8. The van der Waals surface area contributed by atoms with E-state index in [1.54, 1.807) is 13.0 Å². The Morgan fingerprint density at radius 3 is 2.90 bits per heavy atom. The van der Waals surface area contributed by atoms with Crippen molar-refractivity contribution in [3.63, 3.8) is 0 Å². The van der Waals surface area contributed by atoms with E-state index in [4.69, 9.17) is 0 Å². The average Bonchev–Trinajstić information content (AvgIpc) is 2.36. The summed E-state index contributed by atoms with van der Waals surface area (Å²) in [7, 11) is -3.46. The highest BCUT2D eigenvalue weighted by molar-refractivity contribution is 9.10. The molecule has 1 saturated heterocycles. The lowest BCUT2D eigenvalue weighted by Gasteiger charge is -2.23. The lowest BCUT2D eigenvalue weighted by Crippen LogP contribution is -2.35. The van der Waals surface area contributed by atoms with Gasteiger partial charge in [-0.1, -0.05) is 0 Å². The number of piperidine rings is 1. The third-order valence-corrected chi connectivity index (χ3v) is 5.44. The summed E-state index contributed by atoms with van der Waals surface area (Å²) in [6.45, 7) is 3.40. The van der Waals surface area contributed by atoms with E-state index in [-0.39, 0.29) is 11.7 Å². The summed E-state index contributed by atoms with van der Waals surface area (Å²) >= 11 is 3.08. The summed E-state index contributed by atoms with van der Waals surface area (Å²) < 4.78 is 40.6. The van der Waals surface area contributed by atoms with Crippen LogP contribution in [0.4, 0.5) is 10.1 Å². The van der Waals surface area contributed by atoms with Gasteiger partial charge in [-0.15, -0.1) is 0 Å². The van der Waals surface area contributed by atoms with Crippen LogP contribution in [-0.2, 0) is 10.0 Å². The highest BCUT2D eigenvalue weighted by Gasteiger charge is 2.22. The van der Waals surface area contributed by atoms with Gasteiger partial charge in [0.25, 0.3) is 0 Å². The van der Waals surface area contributed by atoms with E-state index in [2.05, 4.69) is 26.0 Å². The van der Waals surface area contributed by atoms with Crippen LogP contribution in [0.1, 0.15) is 18.4 Å². The molecule has 0 bridgehead atoms. The van der Waals surface area contributed by atoms with Crippen LogP contribution in [0.15, 0.2) is 16.6 Å². The molecule has 0 aliphatic carbocycles. The number of rotatable bonds is 4. The molecule has 2 rings (SSSR count). The van der Waals surface area contributed by atoms with Crippen molar-refractivity contribution >= 4 is 31.6 Å². The predicted molar refractivity (Wildman–Crippen MR) is 81.8 cm³/mol. The molecule has 1 unspecified atom stereocenters. The SMILES string of the molecule is Cc1cc(Br)c(F)cc1NS(=O)(=O)CC1CCCNC1. The quantitative estimate of drug-likeness (QED) is 0.863. The molecular weight excluding hydrogens is 347 g/mol. The molecular formula is C13H18BrFN2O2S. The highest BCUT2D eigenvalue weighted by atomic mass is 79.9. The Morgan fingerprint density at radius 2 is 2.25 bits per heavy atom. The van der Waals surface area contributed by atoms with Crippen molar-refractivity contribution in [1.29, 1.82) is 0 Å². The lowest BCUT2D eigenvalue weighted by molar-refractivity contribution is 0.404. The Kier molecular flexibility index (Phi) is 5.04. The van der Waals surface area contributed by atoms with Crippen molar-refractivity contribution in [2.24, 2.45) is 5.92 Å². The van der Waals surface area contributed by atoms with Crippen molar-refractivity contribution in [1.82, 2.24) is 5.32 Å². The van der Waals surface area contributed by atoms with Crippen LogP contribution in [0.3, 0.4) is 0 Å². The summed E-state index contributed by atoms with van der Waals surface area (Å²) in [6.07, 6.45) is 1.90. The fraction of sp³-hybridized carbons (Fsp3) is 0.538. The van der Waals surface area contributed by atoms with Gasteiger partial charge >= 0.3 is 0 Å². The summed E-state index contributed by atoms with van der Waals surface area (Å²) in [5.41, 5.74) is 0.984. The Balaban J connectivity index is 2.09. The third-order valence-electron chi connectivity index (χ3n) is 3.39. The number of nitrogens with one attached hydrogen (secondary N) is 2. The highest BCUT2D eigenvalue weighted by Crippen LogP contribution is 2.25. The number of sulfonamides is 1. The molecule has 7 heteroatoms. The van der Waals surface area contributed by atoms with E-state index < -0.39 is 15.8 Å². The molecule has 0 saturated carbocycles. The molecule has 112 valence electrons. The maximum atomic E-state index is 13.5. The first-order valence-corrected chi connectivity index (χ1v) is 8.99. The lowest BCUT2D eigenvalue weighted by atomic mass is 10.0. The van der Waals surface area contributed by atoms with Gasteiger partial charge in [0.2, 0.25) is 10.0 Å². The van der Waals surface area contributed by atoms with Crippen LogP contribution in [0.2, 0.25) is 0 Å². The molecule has 0 aromatic heterocycles. The second kappa shape index (κ2) is 6.41. The summed E-state index contributed by atoms with van der Waals surface area (Å²) in [5, 5.41) is 3.19. The molecule has 1 atom stereocenters. The first kappa shape index (κ1) is 15.7. The van der Waals surface area contributed by atoms with Gasteiger partial charge in [0, 0.05) is 0 Å². The number of halogens is 2. The zero-order valence-corrected chi connectivity index (χ0v) is 13.7. The number of aryl methyl sites for hydroxylation is 1. The standard InChI is InChI=1S/C13H18BrFN2O2S/c1-9-5-11(14)12(15)6-13(9)17-20(18,19)8-10-3-2-4-16-7-10/h5-6,10,16-17H,2-4,7-8H2,1H3. The largest absolute Gasteiger partial charge is 0.316 e. The minimum atomic E-state index is -3.46. The van der Waals surface area contributed by atoms with E-state index in [0.29, 0.717) is 22.3 Å². The molecule has 1 heterocycles. The summed E-state index contributed by atoms with van der Waals surface area (Å²) in [6, 6.07) is 2.77. The van der Waals surface area contributed by atoms with Gasteiger partial charge < -0.3 is 5.32 Å². The Hall–Kier alpha value is -0.660. The predicted octanol–water partition coefficient (Wildman–Crippen LogP) is 2.64. The van der Waals surface area contributed by atoms with Crippen molar-refractivity contribution in [3.8, 4) is 0 Å². The van der Waals surface area contributed by atoms with Crippen molar-refractivity contribution < 1.29 is 12.8 Å². The molecule has 0 amide bonds. The number of benzene rings is 1. The second-order valence-corrected chi connectivity index (χ2v) is 7.80. The molecule has 4 nitrogen and oxygen atoms in total. The Morgan fingerprint density at radius 1 is 1.50 bits per heavy atom. The van der Waals surface area contributed by atoms with Crippen LogP contribution in [0, 0.1) is 18.7 Å². The molecule has 0 radical (unpaired) electrons. The molecule has 2 N–H and O–H groups in total. The topological polar surface area (TPSA) is 58.2 Å². The first-order valence-electron chi connectivity index (χ1n) is 6.54. The molecule has 0 spiro atoms. The number of hydrogen-bond acceptors (Lipinski definition) is 3. The average molecular weight is 365 g/mol. The smallest absolute Gasteiger partial charge is 0.233 e. The third kappa shape index (κ3) is 4.17. The minimum Gasteiger partial charge on any atom is -0.316 e. The van der Waals surface area contributed by atoms with Crippen LogP contribution < -0.4 is 10.0 Å². The van der Waals surface area contributed by atoms with Crippen LogP contribution in [0.5, 0.6) is 0 Å². The van der Waals surface area contributed by atoms with Crippen molar-refractivity contribution in [2.75, 3.05) is 23.6 Å². The maximum Gasteiger partial charge on any atom is 0.233 e. The molecule has 1 fully saturated rings. The van der Waals surface area contributed by atoms with Gasteiger partial charge in [-0.25, -0.2) is 12.8 Å². The number of anilines is 1. The van der Waals surface area contributed by atoms with Crippen LogP contribution in [-0.4, -0.2) is 27.3 Å². The molecule has 1 aliphatic heterocycles. The second-order valence-electron chi connectivity index (χ2n) is 5.18. The normalized spacial score (nSPS) is 19.9. The minimum absolute atomic E-state index is 0.0666. The monoisotopic (exact) mass is 364 g/mol. The van der Waals surface area contributed by atoms with E-state index in [0.717, 1.165) is 19.4 Å². The summed E-state index contributed by atoms with van der Waals surface area (Å²) in [4.78, 5) is 0. The van der Waals surface area contributed by atoms with Crippen LogP contribution in [0.25, 0.3) is 0 Å². The fourth-order valence-corrected chi connectivity index (χ4v) is 4.34. The summed E-state index contributed by atoms with van der Waals surface area (Å²) in [5.74, 6) is -0.300. The van der Waals surface area contributed by atoms with E-state index in [1.807, 2.05) is 0 Å². The fourth-order valence-electron chi connectivity index (χ4n) is 2.34. The maximum absolute atomic E-state index is 13.5. The van der Waals surface area contributed by atoms with E-state index >= 15 is 0 Å². The molecule has 20 heavy (non-hydrogen) atoms. The van der Waals surface area contributed by atoms with Gasteiger partial charge in [-0.2, -0.15) is 0 Å². The molecule has 1 aromatic rings. The van der Waals surface area contributed by atoms with E-state index in [1.165, 1.54) is 6.07 Å². The van der Waals surface area contributed by atoms with Crippen LogP contribution >= 0.6 is 15.9 Å². The van der Waals surface area contributed by atoms with Gasteiger partial charge in [-0.05, 0) is 72.4 Å². The van der Waals surface area contributed by atoms with Gasteiger partial charge in [0.1, 0.15) is 5.82 Å². The number of hydrogen-bond donors (Lipinski definition) is 2. The Bertz CT molecular complexity index is 586. The molecule has 1 aromatic carbocycles. The van der Waals surface area contributed by atoms with Gasteiger partial charge in [0.15, 0.2) is 0 Å². The molecule has 1 aliphatic rings. The van der Waals surface area contributed by atoms with E-state index in [9.17, 15) is 12.8 Å². The zero-order valence-electron chi connectivity index (χ0n) is 11.2. The van der Waals surface area contributed by atoms with Gasteiger partial charge in [0.05, 0.1) is 15.9 Å². The van der Waals surface area contributed by atoms with Gasteiger partial charge in [-0.3, -0.25) is 4.72 Å².